The Hall–Kier alpha value is -2.69. The van der Waals surface area contributed by atoms with Crippen LogP contribution in [0.3, 0.4) is 0 Å². The lowest BCUT2D eigenvalue weighted by molar-refractivity contribution is 0.325. The standard InChI is InChI=1S/C16H16O5/c1-19-14-9-6-11(15(20-2)16(14)21-3)10-4-7-12(17)13(18)8-5-10/h4-9H,1-3H3,(H,17,18). The van der Waals surface area contributed by atoms with Crippen LogP contribution in [0.25, 0.3) is 11.1 Å². The predicted octanol–water partition coefficient (Wildman–Crippen LogP) is 2.45. The highest BCUT2D eigenvalue weighted by Gasteiger charge is 2.16. The molecule has 0 radical (unpaired) electrons. The van der Waals surface area contributed by atoms with E-state index in [1.165, 1.54) is 26.4 Å². The highest BCUT2D eigenvalue weighted by atomic mass is 16.5. The van der Waals surface area contributed by atoms with Gasteiger partial charge in [-0.15, -0.1) is 0 Å². The summed E-state index contributed by atoms with van der Waals surface area (Å²) in [6, 6.07) is 9.47. The highest BCUT2D eigenvalue weighted by Crippen LogP contribution is 2.43. The van der Waals surface area contributed by atoms with Gasteiger partial charge in [-0.3, -0.25) is 4.79 Å². The molecule has 0 spiro atoms. The van der Waals surface area contributed by atoms with Crippen LogP contribution in [0.5, 0.6) is 23.0 Å². The number of rotatable bonds is 4. The number of hydrogen-bond donors (Lipinski definition) is 1. The average Bonchev–Trinajstić information content (AvgIpc) is 2.68. The summed E-state index contributed by atoms with van der Waals surface area (Å²) < 4.78 is 16.0. The van der Waals surface area contributed by atoms with Crippen LogP contribution < -0.4 is 19.6 Å². The molecule has 2 rings (SSSR count). The number of aromatic hydroxyl groups is 1. The molecule has 0 bridgehead atoms. The van der Waals surface area contributed by atoms with E-state index in [1.807, 2.05) is 0 Å². The molecular weight excluding hydrogens is 272 g/mol. The average molecular weight is 288 g/mol. The highest BCUT2D eigenvalue weighted by molar-refractivity contribution is 5.76. The van der Waals surface area contributed by atoms with Crippen LogP contribution >= 0.6 is 0 Å². The lowest BCUT2D eigenvalue weighted by Crippen LogP contribution is -1.96. The van der Waals surface area contributed by atoms with Gasteiger partial charge in [0.15, 0.2) is 17.2 Å². The van der Waals surface area contributed by atoms with Gasteiger partial charge in [-0.1, -0.05) is 12.1 Å². The fraction of sp³-hybridized carbons (Fsp3) is 0.188. The van der Waals surface area contributed by atoms with Crippen LogP contribution in [0.2, 0.25) is 0 Å². The summed E-state index contributed by atoms with van der Waals surface area (Å²) in [7, 11) is 4.60. The van der Waals surface area contributed by atoms with Gasteiger partial charge >= 0.3 is 0 Å². The van der Waals surface area contributed by atoms with E-state index in [2.05, 4.69) is 0 Å². The van der Waals surface area contributed by atoms with Gasteiger partial charge in [0.2, 0.25) is 11.2 Å². The van der Waals surface area contributed by atoms with Crippen molar-refractivity contribution in [3.05, 3.63) is 46.6 Å². The van der Waals surface area contributed by atoms with Crippen molar-refractivity contribution >= 4 is 0 Å². The third kappa shape index (κ3) is 2.76. The number of hydrogen-bond acceptors (Lipinski definition) is 5. The molecule has 0 amide bonds. The van der Waals surface area contributed by atoms with E-state index in [0.29, 0.717) is 22.8 Å². The monoisotopic (exact) mass is 288 g/mol. The van der Waals surface area contributed by atoms with Crippen LogP contribution in [-0.2, 0) is 0 Å². The summed E-state index contributed by atoms with van der Waals surface area (Å²) >= 11 is 0. The molecule has 0 heterocycles. The molecule has 0 saturated heterocycles. The molecule has 0 unspecified atom stereocenters. The summed E-state index contributed by atoms with van der Waals surface area (Å²) in [6.45, 7) is 0. The Morgan fingerprint density at radius 1 is 0.810 bits per heavy atom. The number of methoxy groups -OCH3 is 3. The Kier molecular flexibility index (Phi) is 4.33. The smallest absolute Gasteiger partial charge is 0.220 e. The van der Waals surface area contributed by atoms with Gasteiger partial charge in [0.1, 0.15) is 0 Å². The zero-order valence-electron chi connectivity index (χ0n) is 12.0. The van der Waals surface area contributed by atoms with Gasteiger partial charge in [0, 0.05) is 5.56 Å². The van der Waals surface area contributed by atoms with Crippen molar-refractivity contribution in [1.82, 2.24) is 0 Å². The van der Waals surface area contributed by atoms with Gasteiger partial charge in [0.25, 0.3) is 0 Å². The maximum absolute atomic E-state index is 11.5. The minimum absolute atomic E-state index is 0.305. The zero-order valence-corrected chi connectivity index (χ0v) is 12.0. The van der Waals surface area contributed by atoms with Crippen molar-refractivity contribution in [3.8, 4) is 34.1 Å². The van der Waals surface area contributed by atoms with E-state index in [4.69, 9.17) is 14.2 Å². The minimum atomic E-state index is -0.444. The van der Waals surface area contributed by atoms with E-state index >= 15 is 0 Å². The lowest BCUT2D eigenvalue weighted by atomic mass is 10.1. The molecule has 5 heteroatoms. The molecule has 0 aliphatic carbocycles. The number of benzene rings is 1. The molecule has 0 saturated carbocycles. The third-order valence-electron chi connectivity index (χ3n) is 3.10. The van der Waals surface area contributed by atoms with Crippen molar-refractivity contribution < 1.29 is 19.3 Å². The minimum Gasteiger partial charge on any atom is -0.504 e. The van der Waals surface area contributed by atoms with Crippen LogP contribution in [0.4, 0.5) is 0 Å². The van der Waals surface area contributed by atoms with Gasteiger partial charge < -0.3 is 19.3 Å². The van der Waals surface area contributed by atoms with Crippen molar-refractivity contribution in [2.24, 2.45) is 0 Å². The first kappa shape index (κ1) is 14.7. The first-order valence-corrected chi connectivity index (χ1v) is 6.25. The predicted molar refractivity (Wildman–Crippen MR) is 79.5 cm³/mol. The Morgan fingerprint density at radius 2 is 1.48 bits per heavy atom. The Bertz CT molecular complexity index is 709. The van der Waals surface area contributed by atoms with E-state index in [-0.39, 0.29) is 5.75 Å². The molecular formula is C16H16O5. The van der Waals surface area contributed by atoms with Gasteiger partial charge in [-0.2, -0.15) is 0 Å². The van der Waals surface area contributed by atoms with Crippen molar-refractivity contribution in [1.29, 1.82) is 0 Å². The molecule has 0 aliphatic rings. The fourth-order valence-electron chi connectivity index (χ4n) is 2.07. The van der Waals surface area contributed by atoms with Crippen LogP contribution in [0, 0.1) is 0 Å². The molecule has 2 aromatic rings. The van der Waals surface area contributed by atoms with Crippen LogP contribution in [0.1, 0.15) is 0 Å². The molecule has 5 nitrogen and oxygen atoms in total. The fourth-order valence-corrected chi connectivity index (χ4v) is 2.07. The Morgan fingerprint density at radius 3 is 2.10 bits per heavy atom. The van der Waals surface area contributed by atoms with E-state index in [1.54, 1.807) is 31.4 Å². The molecule has 0 atom stereocenters. The first-order valence-electron chi connectivity index (χ1n) is 6.25. The second-order valence-electron chi connectivity index (χ2n) is 4.25. The molecule has 21 heavy (non-hydrogen) atoms. The zero-order chi connectivity index (χ0) is 15.4. The SMILES string of the molecule is COc1ccc(-c2ccc(O)c(=O)cc2)c(OC)c1OC. The van der Waals surface area contributed by atoms with Gasteiger partial charge in [-0.25, -0.2) is 0 Å². The van der Waals surface area contributed by atoms with Crippen molar-refractivity contribution in [2.45, 2.75) is 0 Å². The normalized spacial score (nSPS) is 10.0. The molecule has 1 N–H and O–H groups in total. The van der Waals surface area contributed by atoms with Crippen molar-refractivity contribution in [2.75, 3.05) is 21.3 Å². The Labute approximate surface area is 122 Å². The second-order valence-corrected chi connectivity index (χ2v) is 4.25. The Balaban J connectivity index is 2.70. The first-order chi connectivity index (χ1) is 10.1. The van der Waals surface area contributed by atoms with E-state index < -0.39 is 5.43 Å². The van der Waals surface area contributed by atoms with Crippen molar-refractivity contribution in [3.63, 3.8) is 0 Å². The summed E-state index contributed by atoms with van der Waals surface area (Å²) in [5, 5.41) is 9.47. The van der Waals surface area contributed by atoms with E-state index in [9.17, 15) is 9.90 Å². The van der Waals surface area contributed by atoms with Gasteiger partial charge in [-0.05, 0) is 29.8 Å². The van der Waals surface area contributed by atoms with Crippen LogP contribution in [0.15, 0.2) is 41.2 Å². The maximum Gasteiger partial charge on any atom is 0.220 e. The topological polar surface area (TPSA) is 65.0 Å². The van der Waals surface area contributed by atoms with Gasteiger partial charge in [0.05, 0.1) is 21.3 Å². The summed E-state index contributed by atoms with van der Waals surface area (Å²) in [5.74, 6) is 1.21. The maximum atomic E-state index is 11.5. The van der Waals surface area contributed by atoms with Crippen LogP contribution in [-0.4, -0.2) is 26.4 Å². The molecule has 0 aliphatic heterocycles. The van der Waals surface area contributed by atoms with E-state index in [0.717, 1.165) is 5.56 Å². The summed E-state index contributed by atoms with van der Waals surface area (Å²) in [5.41, 5.74) is 0.996. The number of ether oxygens (including phenoxy) is 3. The molecule has 110 valence electrons. The lowest BCUT2D eigenvalue weighted by Gasteiger charge is -2.15. The molecule has 0 aromatic heterocycles. The summed E-state index contributed by atoms with van der Waals surface area (Å²) in [4.78, 5) is 11.5. The second kappa shape index (κ2) is 6.17. The molecule has 0 fully saturated rings. The molecule has 2 aromatic carbocycles. The summed E-state index contributed by atoms with van der Waals surface area (Å²) in [6.07, 6.45) is 0. The quantitative estimate of drug-likeness (QED) is 0.936. The third-order valence-corrected chi connectivity index (χ3v) is 3.10. The largest absolute Gasteiger partial charge is 0.504 e.